The summed E-state index contributed by atoms with van der Waals surface area (Å²) in [5.41, 5.74) is 4.50. The predicted molar refractivity (Wildman–Crippen MR) is 107 cm³/mol. The number of nitrogens with one attached hydrogen (secondary N) is 2. The number of nitrogens with zero attached hydrogens (tertiary/aromatic N) is 3. The van der Waals surface area contributed by atoms with Crippen molar-refractivity contribution in [2.75, 3.05) is 25.1 Å². The molecule has 5 rings (SSSR count). The van der Waals surface area contributed by atoms with Gasteiger partial charge in [0.1, 0.15) is 5.82 Å². The second kappa shape index (κ2) is 6.94. The first-order chi connectivity index (χ1) is 13.3. The average molecular weight is 363 g/mol. The molecular formula is C21H25N5O. The van der Waals surface area contributed by atoms with Crippen molar-refractivity contribution < 1.29 is 4.74 Å². The quantitative estimate of drug-likeness (QED) is 0.745. The number of ether oxygens (including phenoxy) is 1. The number of aromatic amines is 1. The van der Waals surface area contributed by atoms with Crippen LogP contribution in [0.4, 0.5) is 5.82 Å². The second-order valence-corrected chi connectivity index (χ2v) is 7.52. The maximum Gasteiger partial charge on any atom is 0.163 e. The first kappa shape index (κ1) is 16.7. The highest BCUT2D eigenvalue weighted by molar-refractivity contribution is 5.93. The molecule has 2 aromatic heterocycles. The van der Waals surface area contributed by atoms with E-state index in [1.54, 1.807) is 0 Å². The van der Waals surface area contributed by atoms with Crippen LogP contribution in [0.3, 0.4) is 0 Å². The van der Waals surface area contributed by atoms with Crippen molar-refractivity contribution in [2.24, 2.45) is 0 Å². The van der Waals surface area contributed by atoms with Crippen LogP contribution in [0.2, 0.25) is 0 Å². The summed E-state index contributed by atoms with van der Waals surface area (Å²) in [6.07, 6.45) is 5.87. The first-order valence-corrected chi connectivity index (χ1v) is 9.79. The molecule has 0 spiro atoms. The Hall–Kier alpha value is -2.44. The summed E-state index contributed by atoms with van der Waals surface area (Å²) < 4.78 is 5.94. The standard InChI is InChI=1S/C21H25N5O/c1-26(13-14-6-4-5-9-27-14)21-17-10-22-12-19(17)24-20(25-21)16-11-23-18-8-3-2-7-15(16)18/h2-3,7-8,11,14,22-23H,4-6,9-10,12-13H2,1H3/t14-/m1/s1. The highest BCUT2D eigenvalue weighted by atomic mass is 16.5. The van der Waals surface area contributed by atoms with Crippen molar-refractivity contribution in [3.63, 3.8) is 0 Å². The molecule has 1 saturated heterocycles. The fourth-order valence-corrected chi connectivity index (χ4v) is 4.19. The van der Waals surface area contributed by atoms with E-state index in [0.29, 0.717) is 6.10 Å². The summed E-state index contributed by atoms with van der Waals surface area (Å²) >= 11 is 0. The van der Waals surface area contributed by atoms with Crippen LogP contribution in [0.25, 0.3) is 22.3 Å². The van der Waals surface area contributed by atoms with Crippen LogP contribution in [0, 0.1) is 0 Å². The zero-order valence-corrected chi connectivity index (χ0v) is 15.7. The van der Waals surface area contributed by atoms with Gasteiger partial charge in [-0.25, -0.2) is 9.97 Å². The fourth-order valence-electron chi connectivity index (χ4n) is 4.19. The lowest BCUT2D eigenvalue weighted by Crippen LogP contribution is -2.34. The highest BCUT2D eigenvalue weighted by Crippen LogP contribution is 2.31. The third-order valence-electron chi connectivity index (χ3n) is 5.61. The van der Waals surface area contributed by atoms with Crippen molar-refractivity contribution in [1.29, 1.82) is 0 Å². The second-order valence-electron chi connectivity index (χ2n) is 7.52. The summed E-state index contributed by atoms with van der Waals surface area (Å²) in [5.74, 6) is 1.82. The van der Waals surface area contributed by atoms with E-state index in [2.05, 4.69) is 40.4 Å². The van der Waals surface area contributed by atoms with E-state index in [4.69, 9.17) is 14.7 Å². The van der Waals surface area contributed by atoms with Gasteiger partial charge in [-0.05, 0) is 25.3 Å². The van der Waals surface area contributed by atoms with E-state index < -0.39 is 0 Å². The molecule has 0 aliphatic carbocycles. The van der Waals surface area contributed by atoms with Gasteiger partial charge < -0.3 is 19.9 Å². The van der Waals surface area contributed by atoms with Gasteiger partial charge in [0.15, 0.2) is 5.82 Å². The number of likely N-dealkylation sites (N-methyl/N-ethyl adjacent to an activating group) is 1. The van der Waals surface area contributed by atoms with Gasteiger partial charge in [0.2, 0.25) is 0 Å². The van der Waals surface area contributed by atoms with Crippen molar-refractivity contribution in [2.45, 2.75) is 38.5 Å². The number of fused-ring (bicyclic) bond motifs is 2. The molecule has 3 aromatic rings. The molecule has 0 unspecified atom stereocenters. The van der Waals surface area contributed by atoms with Crippen LogP contribution < -0.4 is 10.2 Å². The molecule has 6 heteroatoms. The smallest absolute Gasteiger partial charge is 0.163 e. The SMILES string of the molecule is CN(C[C@H]1CCCCO1)c1nc(-c2c[nH]c3ccccc23)nc2c1CNC2. The summed E-state index contributed by atoms with van der Waals surface area (Å²) in [4.78, 5) is 15.5. The van der Waals surface area contributed by atoms with Crippen LogP contribution in [0.15, 0.2) is 30.5 Å². The van der Waals surface area contributed by atoms with E-state index in [9.17, 15) is 0 Å². The molecule has 6 nitrogen and oxygen atoms in total. The van der Waals surface area contributed by atoms with E-state index in [1.165, 1.54) is 18.4 Å². The summed E-state index contributed by atoms with van der Waals surface area (Å²) in [5, 5.41) is 4.59. The molecule has 1 aromatic carbocycles. The first-order valence-electron chi connectivity index (χ1n) is 9.79. The Balaban J connectivity index is 1.53. The summed E-state index contributed by atoms with van der Waals surface area (Å²) in [6.45, 7) is 3.38. The third kappa shape index (κ3) is 3.09. The fraction of sp³-hybridized carbons (Fsp3) is 0.429. The molecule has 0 saturated carbocycles. The molecule has 2 aliphatic rings. The largest absolute Gasteiger partial charge is 0.376 e. The van der Waals surface area contributed by atoms with Crippen LogP contribution in [-0.2, 0) is 17.8 Å². The minimum absolute atomic E-state index is 0.292. The monoisotopic (exact) mass is 363 g/mol. The van der Waals surface area contributed by atoms with E-state index >= 15 is 0 Å². The zero-order chi connectivity index (χ0) is 18.2. The molecule has 0 bridgehead atoms. The Morgan fingerprint density at radius 3 is 3.00 bits per heavy atom. The van der Waals surface area contributed by atoms with Gasteiger partial charge in [0, 0.05) is 61.5 Å². The van der Waals surface area contributed by atoms with Crippen molar-refractivity contribution in [3.8, 4) is 11.4 Å². The maximum absolute atomic E-state index is 5.94. The predicted octanol–water partition coefficient (Wildman–Crippen LogP) is 3.23. The molecule has 1 atom stereocenters. The lowest BCUT2D eigenvalue weighted by atomic mass is 10.1. The molecule has 2 N–H and O–H groups in total. The van der Waals surface area contributed by atoms with Gasteiger partial charge in [0.25, 0.3) is 0 Å². The van der Waals surface area contributed by atoms with Crippen LogP contribution in [-0.4, -0.2) is 41.3 Å². The molecule has 1 fully saturated rings. The summed E-state index contributed by atoms with van der Waals surface area (Å²) in [7, 11) is 2.12. The minimum atomic E-state index is 0.292. The molecule has 0 radical (unpaired) electrons. The number of H-pyrrole nitrogens is 1. The Morgan fingerprint density at radius 1 is 1.19 bits per heavy atom. The Kier molecular flexibility index (Phi) is 4.30. The van der Waals surface area contributed by atoms with E-state index in [1.807, 2.05) is 12.3 Å². The normalized spacial score (nSPS) is 19.4. The van der Waals surface area contributed by atoms with Gasteiger partial charge in [-0.3, -0.25) is 0 Å². The number of para-hydroxylation sites is 1. The Labute approximate surface area is 159 Å². The van der Waals surface area contributed by atoms with Gasteiger partial charge in [-0.2, -0.15) is 0 Å². The molecule has 140 valence electrons. The number of benzene rings is 1. The van der Waals surface area contributed by atoms with Gasteiger partial charge in [-0.15, -0.1) is 0 Å². The van der Waals surface area contributed by atoms with Crippen LogP contribution in [0.5, 0.6) is 0 Å². The zero-order valence-electron chi connectivity index (χ0n) is 15.7. The van der Waals surface area contributed by atoms with Crippen LogP contribution >= 0.6 is 0 Å². The highest BCUT2D eigenvalue weighted by Gasteiger charge is 2.24. The molecule has 2 aliphatic heterocycles. The third-order valence-corrected chi connectivity index (χ3v) is 5.61. The molecule has 4 heterocycles. The lowest BCUT2D eigenvalue weighted by molar-refractivity contribution is 0.0215. The van der Waals surface area contributed by atoms with Crippen molar-refractivity contribution in [1.82, 2.24) is 20.3 Å². The van der Waals surface area contributed by atoms with Crippen molar-refractivity contribution >= 4 is 16.7 Å². The van der Waals surface area contributed by atoms with Gasteiger partial charge >= 0.3 is 0 Å². The number of hydrogen-bond donors (Lipinski definition) is 2. The number of aromatic nitrogens is 3. The molecule has 27 heavy (non-hydrogen) atoms. The van der Waals surface area contributed by atoms with E-state index in [-0.39, 0.29) is 0 Å². The lowest BCUT2D eigenvalue weighted by Gasteiger charge is -2.29. The Morgan fingerprint density at radius 2 is 2.11 bits per heavy atom. The number of hydrogen-bond acceptors (Lipinski definition) is 5. The molecule has 0 amide bonds. The van der Waals surface area contributed by atoms with Crippen LogP contribution in [0.1, 0.15) is 30.5 Å². The van der Waals surface area contributed by atoms with Gasteiger partial charge in [-0.1, -0.05) is 18.2 Å². The van der Waals surface area contributed by atoms with Gasteiger partial charge in [0.05, 0.1) is 11.8 Å². The number of anilines is 1. The topological polar surface area (TPSA) is 66.1 Å². The Bertz CT molecular complexity index is 960. The van der Waals surface area contributed by atoms with E-state index in [0.717, 1.165) is 66.5 Å². The van der Waals surface area contributed by atoms with Crippen molar-refractivity contribution in [3.05, 3.63) is 41.7 Å². The summed E-state index contributed by atoms with van der Waals surface area (Å²) in [6, 6.07) is 8.30. The number of rotatable bonds is 4. The maximum atomic E-state index is 5.94. The molecular weight excluding hydrogens is 338 g/mol. The average Bonchev–Trinajstić information content (AvgIpc) is 3.34. The minimum Gasteiger partial charge on any atom is -0.376 e.